The van der Waals surface area contributed by atoms with Gasteiger partial charge in [0.15, 0.2) is 5.56 Å². The molecule has 0 atom stereocenters. The molecule has 1 heterocycles. The van der Waals surface area contributed by atoms with E-state index in [1.807, 2.05) is 6.07 Å². The van der Waals surface area contributed by atoms with Crippen LogP contribution in [0.5, 0.6) is 5.75 Å². The molecule has 5 heteroatoms. The molecule has 0 spiro atoms. The number of ether oxygens (including phenoxy) is 2. The second kappa shape index (κ2) is 5.56. The fourth-order valence-corrected chi connectivity index (χ4v) is 1.90. The van der Waals surface area contributed by atoms with E-state index in [1.165, 1.54) is 0 Å². The van der Waals surface area contributed by atoms with Crippen LogP contribution in [0, 0.1) is 0 Å². The maximum Gasteiger partial charge on any atom is 0.347 e. The molecule has 0 saturated heterocycles. The van der Waals surface area contributed by atoms with Crippen LogP contribution in [0.4, 0.5) is 0 Å². The largest absolute Gasteiger partial charge is 0.492 e. The average molecular weight is 261 g/mol. The third-order valence-corrected chi connectivity index (χ3v) is 2.64. The highest BCUT2D eigenvalue weighted by atomic mass is 16.5. The lowest BCUT2D eigenvalue weighted by Crippen LogP contribution is -2.21. The van der Waals surface area contributed by atoms with Crippen molar-refractivity contribution in [1.82, 2.24) is 4.98 Å². The van der Waals surface area contributed by atoms with Crippen LogP contribution in [0.2, 0.25) is 0 Å². The quantitative estimate of drug-likeness (QED) is 0.856. The topological polar surface area (TPSA) is 68.4 Å². The van der Waals surface area contributed by atoms with E-state index >= 15 is 0 Å². The summed E-state index contributed by atoms with van der Waals surface area (Å²) < 4.78 is 10.4. The van der Waals surface area contributed by atoms with Gasteiger partial charge in [-0.05, 0) is 26.0 Å². The van der Waals surface area contributed by atoms with Gasteiger partial charge in [0.05, 0.1) is 18.7 Å². The van der Waals surface area contributed by atoms with Crippen molar-refractivity contribution in [2.24, 2.45) is 0 Å². The maximum absolute atomic E-state index is 12.0. The molecule has 0 amide bonds. The summed E-state index contributed by atoms with van der Waals surface area (Å²) in [6.07, 6.45) is 0. The van der Waals surface area contributed by atoms with Crippen molar-refractivity contribution >= 4 is 16.9 Å². The molecule has 1 aromatic carbocycles. The van der Waals surface area contributed by atoms with Gasteiger partial charge in [0, 0.05) is 5.39 Å². The summed E-state index contributed by atoms with van der Waals surface area (Å²) >= 11 is 0. The number of fused-ring (bicyclic) bond motifs is 1. The summed E-state index contributed by atoms with van der Waals surface area (Å²) in [5, 5.41) is 0.687. The Morgan fingerprint density at radius 1 is 1.21 bits per heavy atom. The molecule has 0 aliphatic rings. The first-order valence-electron chi connectivity index (χ1n) is 6.14. The van der Waals surface area contributed by atoms with Crippen LogP contribution in [0.15, 0.2) is 29.1 Å². The molecule has 0 aliphatic carbocycles. The number of H-pyrrole nitrogens is 1. The third-order valence-electron chi connectivity index (χ3n) is 2.64. The number of hydrogen-bond donors (Lipinski definition) is 1. The Morgan fingerprint density at radius 3 is 2.63 bits per heavy atom. The molecule has 19 heavy (non-hydrogen) atoms. The van der Waals surface area contributed by atoms with Gasteiger partial charge in [-0.2, -0.15) is 0 Å². The number of benzene rings is 1. The van der Waals surface area contributed by atoms with Crippen LogP contribution in [0.1, 0.15) is 24.2 Å². The summed E-state index contributed by atoms with van der Waals surface area (Å²) in [5.41, 5.74) is 0.0481. The Hall–Kier alpha value is -2.30. The van der Waals surface area contributed by atoms with E-state index in [9.17, 15) is 9.59 Å². The number of pyridine rings is 1. The molecule has 0 unspecified atom stereocenters. The highest BCUT2D eigenvalue weighted by Crippen LogP contribution is 2.26. The lowest BCUT2D eigenvalue weighted by molar-refractivity contribution is 0.0520. The Morgan fingerprint density at radius 2 is 1.95 bits per heavy atom. The van der Waals surface area contributed by atoms with Crippen LogP contribution in [0.25, 0.3) is 10.9 Å². The van der Waals surface area contributed by atoms with Gasteiger partial charge < -0.3 is 14.5 Å². The molecule has 100 valence electrons. The van der Waals surface area contributed by atoms with Gasteiger partial charge in [-0.15, -0.1) is 0 Å². The van der Waals surface area contributed by atoms with Gasteiger partial charge in [0.1, 0.15) is 5.75 Å². The maximum atomic E-state index is 12.0. The lowest BCUT2D eigenvalue weighted by atomic mass is 10.1. The Kier molecular flexibility index (Phi) is 3.85. The number of rotatable bonds is 4. The van der Waals surface area contributed by atoms with E-state index < -0.39 is 11.5 Å². The molecule has 0 radical (unpaired) electrons. The van der Waals surface area contributed by atoms with Crippen molar-refractivity contribution in [2.45, 2.75) is 13.8 Å². The number of aromatic amines is 1. The first-order chi connectivity index (χ1) is 9.19. The smallest absolute Gasteiger partial charge is 0.347 e. The second-order valence-electron chi connectivity index (χ2n) is 3.86. The average Bonchev–Trinajstić information content (AvgIpc) is 2.39. The Balaban J connectivity index is 2.73. The minimum absolute atomic E-state index is 0.0811. The van der Waals surface area contributed by atoms with Crippen LogP contribution in [0.3, 0.4) is 0 Å². The lowest BCUT2D eigenvalue weighted by Gasteiger charge is -2.11. The molecule has 1 N–H and O–H groups in total. The van der Waals surface area contributed by atoms with Gasteiger partial charge in [0.25, 0.3) is 5.56 Å². The van der Waals surface area contributed by atoms with Crippen LogP contribution in [-0.2, 0) is 4.74 Å². The number of carbonyl (C=O) groups is 1. The molecule has 0 fully saturated rings. The summed E-state index contributed by atoms with van der Waals surface area (Å²) in [6.45, 7) is 4.05. The second-order valence-corrected chi connectivity index (χ2v) is 3.86. The van der Waals surface area contributed by atoms with Crippen LogP contribution < -0.4 is 10.3 Å². The number of hydrogen-bond acceptors (Lipinski definition) is 4. The number of aromatic nitrogens is 1. The molecule has 1 aromatic heterocycles. The van der Waals surface area contributed by atoms with Crippen molar-refractivity contribution < 1.29 is 14.3 Å². The number of carbonyl (C=O) groups excluding carboxylic acids is 1. The van der Waals surface area contributed by atoms with Gasteiger partial charge in [-0.3, -0.25) is 4.79 Å². The zero-order valence-corrected chi connectivity index (χ0v) is 10.9. The minimum atomic E-state index is -0.669. The summed E-state index contributed by atoms with van der Waals surface area (Å²) in [5.74, 6) is -0.391. The molecule has 0 bridgehead atoms. The van der Waals surface area contributed by atoms with Crippen molar-refractivity contribution in [3.63, 3.8) is 0 Å². The van der Waals surface area contributed by atoms with E-state index in [0.29, 0.717) is 17.5 Å². The Labute approximate surface area is 110 Å². The fraction of sp³-hybridized carbons (Fsp3) is 0.286. The predicted octanol–water partition coefficient (Wildman–Crippen LogP) is 2.10. The van der Waals surface area contributed by atoms with Crippen molar-refractivity contribution in [1.29, 1.82) is 0 Å². The molecule has 0 saturated carbocycles. The standard InChI is InChI=1S/C14H15NO4/c1-3-18-12-9-7-5-6-8-10(9)15-13(16)11(12)14(17)19-4-2/h5-8H,3-4H2,1-2H3,(H,15,16). The van der Waals surface area contributed by atoms with Crippen molar-refractivity contribution in [3.8, 4) is 5.75 Å². The first kappa shape index (κ1) is 13.1. The SMILES string of the molecule is CCOC(=O)c1c(OCC)c2ccccc2[nH]c1=O. The van der Waals surface area contributed by atoms with E-state index in [4.69, 9.17) is 9.47 Å². The zero-order valence-electron chi connectivity index (χ0n) is 10.9. The Bertz CT molecular complexity index is 660. The van der Waals surface area contributed by atoms with E-state index in [2.05, 4.69) is 4.98 Å². The predicted molar refractivity (Wildman–Crippen MR) is 71.7 cm³/mol. The minimum Gasteiger partial charge on any atom is -0.492 e. The monoisotopic (exact) mass is 261 g/mol. The molecule has 0 aliphatic heterocycles. The normalized spacial score (nSPS) is 10.4. The third kappa shape index (κ3) is 2.45. The first-order valence-corrected chi connectivity index (χ1v) is 6.14. The van der Waals surface area contributed by atoms with Gasteiger partial charge in [0.2, 0.25) is 0 Å². The molecular weight excluding hydrogens is 246 g/mol. The van der Waals surface area contributed by atoms with E-state index in [0.717, 1.165) is 0 Å². The summed E-state index contributed by atoms with van der Waals surface area (Å²) in [7, 11) is 0. The van der Waals surface area contributed by atoms with Crippen molar-refractivity contribution in [3.05, 3.63) is 40.2 Å². The molecular formula is C14H15NO4. The molecule has 2 aromatic rings. The summed E-state index contributed by atoms with van der Waals surface area (Å²) in [4.78, 5) is 26.6. The van der Waals surface area contributed by atoms with E-state index in [-0.39, 0.29) is 17.9 Å². The van der Waals surface area contributed by atoms with Crippen LogP contribution >= 0.6 is 0 Å². The van der Waals surface area contributed by atoms with Gasteiger partial charge in [-0.1, -0.05) is 12.1 Å². The van der Waals surface area contributed by atoms with Crippen LogP contribution in [-0.4, -0.2) is 24.2 Å². The summed E-state index contributed by atoms with van der Waals surface area (Å²) in [6, 6.07) is 7.17. The van der Waals surface area contributed by atoms with E-state index in [1.54, 1.807) is 32.0 Å². The molecule has 5 nitrogen and oxygen atoms in total. The zero-order chi connectivity index (χ0) is 13.8. The molecule has 2 rings (SSSR count). The highest BCUT2D eigenvalue weighted by molar-refractivity contribution is 5.99. The van der Waals surface area contributed by atoms with Gasteiger partial charge >= 0.3 is 5.97 Å². The number of para-hydroxylation sites is 1. The number of esters is 1. The fourth-order valence-electron chi connectivity index (χ4n) is 1.90. The highest BCUT2D eigenvalue weighted by Gasteiger charge is 2.21. The van der Waals surface area contributed by atoms with Crippen molar-refractivity contribution in [2.75, 3.05) is 13.2 Å². The number of nitrogens with one attached hydrogen (secondary N) is 1. The van der Waals surface area contributed by atoms with Gasteiger partial charge in [-0.25, -0.2) is 4.79 Å².